The summed E-state index contributed by atoms with van der Waals surface area (Å²) >= 11 is 7.93. The summed E-state index contributed by atoms with van der Waals surface area (Å²) in [5.74, 6) is 0. The highest BCUT2D eigenvalue weighted by molar-refractivity contribution is 7.09. The smallest absolute Gasteiger partial charge is 0.0897 e. The normalized spacial score (nSPS) is 12.6. The molecule has 5 heteroatoms. The van der Waals surface area contributed by atoms with E-state index in [1.54, 1.807) is 23.7 Å². The number of thiazole rings is 1. The molecule has 3 nitrogen and oxygen atoms in total. The molecule has 102 valence electrons. The third kappa shape index (κ3) is 4.00. The van der Waals surface area contributed by atoms with Gasteiger partial charge in [0.15, 0.2) is 0 Å². The molecule has 2 rings (SSSR count). The molecule has 0 aliphatic carbocycles. The van der Waals surface area contributed by atoms with Crippen molar-refractivity contribution in [3.05, 3.63) is 45.1 Å². The molecule has 0 aliphatic heterocycles. The van der Waals surface area contributed by atoms with Crippen molar-refractivity contribution in [2.24, 2.45) is 0 Å². The number of nitrogens with zero attached hydrogens (tertiary/aromatic N) is 2. The first-order valence-corrected chi connectivity index (χ1v) is 7.70. The Morgan fingerprint density at radius 1 is 1.47 bits per heavy atom. The van der Waals surface area contributed by atoms with E-state index in [0.717, 1.165) is 35.7 Å². The van der Waals surface area contributed by atoms with Gasteiger partial charge < -0.3 is 5.32 Å². The van der Waals surface area contributed by atoms with Gasteiger partial charge in [-0.05, 0) is 31.5 Å². The second kappa shape index (κ2) is 6.98. The van der Waals surface area contributed by atoms with Crippen molar-refractivity contribution in [2.75, 3.05) is 6.54 Å². The van der Waals surface area contributed by atoms with E-state index in [0.29, 0.717) is 5.02 Å². The summed E-state index contributed by atoms with van der Waals surface area (Å²) in [6, 6.07) is 2.17. The van der Waals surface area contributed by atoms with E-state index in [-0.39, 0.29) is 6.04 Å². The van der Waals surface area contributed by atoms with Crippen LogP contribution in [0.25, 0.3) is 0 Å². The molecule has 2 heterocycles. The SMILES string of the molecule is CCCNC(Cc1csc(C)n1)c1ccncc1Cl. The van der Waals surface area contributed by atoms with Crippen molar-refractivity contribution in [2.45, 2.75) is 32.7 Å². The van der Waals surface area contributed by atoms with E-state index in [1.165, 1.54) is 0 Å². The Balaban J connectivity index is 2.18. The van der Waals surface area contributed by atoms with E-state index in [9.17, 15) is 0 Å². The molecule has 0 aromatic carbocycles. The maximum atomic E-state index is 6.25. The van der Waals surface area contributed by atoms with Gasteiger partial charge in [-0.1, -0.05) is 18.5 Å². The molecular weight excluding hydrogens is 278 g/mol. The minimum Gasteiger partial charge on any atom is -0.310 e. The molecule has 0 spiro atoms. The number of hydrogen-bond acceptors (Lipinski definition) is 4. The zero-order chi connectivity index (χ0) is 13.7. The lowest BCUT2D eigenvalue weighted by Crippen LogP contribution is -2.24. The van der Waals surface area contributed by atoms with Gasteiger partial charge in [-0.3, -0.25) is 4.98 Å². The lowest BCUT2D eigenvalue weighted by Gasteiger charge is -2.19. The summed E-state index contributed by atoms with van der Waals surface area (Å²) in [5, 5.41) is 7.47. The van der Waals surface area contributed by atoms with E-state index >= 15 is 0 Å². The number of aryl methyl sites for hydroxylation is 1. The van der Waals surface area contributed by atoms with Gasteiger partial charge in [-0.2, -0.15) is 0 Å². The van der Waals surface area contributed by atoms with E-state index in [1.807, 2.05) is 13.0 Å². The summed E-state index contributed by atoms with van der Waals surface area (Å²) in [5.41, 5.74) is 2.21. The van der Waals surface area contributed by atoms with Gasteiger partial charge in [0.2, 0.25) is 0 Å². The molecule has 0 bridgehead atoms. The van der Waals surface area contributed by atoms with Gasteiger partial charge in [-0.25, -0.2) is 4.98 Å². The predicted octanol–water partition coefficient (Wildman–Crippen LogP) is 3.78. The molecule has 0 saturated carbocycles. The second-order valence-corrected chi connectivity index (χ2v) is 5.94. The Labute approximate surface area is 123 Å². The van der Waals surface area contributed by atoms with E-state index in [2.05, 4.69) is 27.6 Å². The van der Waals surface area contributed by atoms with Crippen LogP contribution in [0, 0.1) is 6.92 Å². The van der Waals surface area contributed by atoms with Gasteiger partial charge in [0.05, 0.1) is 15.7 Å². The van der Waals surface area contributed by atoms with Crippen molar-refractivity contribution >= 4 is 22.9 Å². The molecule has 1 atom stereocenters. The number of rotatable bonds is 6. The van der Waals surface area contributed by atoms with Crippen LogP contribution in [0.1, 0.15) is 35.7 Å². The monoisotopic (exact) mass is 295 g/mol. The van der Waals surface area contributed by atoms with Crippen molar-refractivity contribution in [3.8, 4) is 0 Å². The van der Waals surface area contributed by atoms with Crippen LogP contribution in [-0.2, 0) is 6.42 Å². The van der Waals surface area contributed by atoms with Gasteiger partial charge in [-0.15, -0.1) is 11.3 Å². The predicted molar refractivity (Wildman–Crippen MR) is 80.8 cm³/mol. The van der Waals surface area contributed by atoms with Gasteiger partial charge in [0.1, 0.15) is 0 Å². The van der Waals surface area contributed by atoms with Crippen LogP contribution in [0.4, 0.5) is 0 Å². The van der Waals surface area contributed by atoms with Crippen LogP contribution < -0.4 is 5.32 Å². The van der Waals surface area contributed by atoms with Crippen LogP contribution >= 0.6 is 22.9 Å². The lowest BCUT2D eigenvalue weighted by atomic mass is 10.0. The molecular formula is C14H18ClN3S. The molecule has 0 saturated heterocycles. The highest BCUT2D eigenvalue weighted by atomic mass is 35.5. The molecule has 0 aliphatic rings. The van der Waals surface area contributed by atoms with E-state index < -0.39 is 0 Å². The standard InChI is InChI=1S/C14H18ClN3S/c1-3-5-17-14(7-11-9-19-10(2)18-11)12-4-6-16-8-13(12)15/h4,6,8-9,14,17H,3,5,7H2,1-2H3. The van der Waals surface area contributed by atoms with Crippen LogP contribution in [0.15, 0.2) is 23.8 Å². The first-order chi connectivity index (χ1) is 9.20. The third-order valence-corrected chi connectivity index (χ3v) is 4.04. The van der Waals surface area contributed by atoms with Crippen LogP contribution in [-0.4, -0.2) is 16.5 Å². The average molecular weight is 296 g/mol. The largest absolute Gasteiger partial charge is 0.310 e. The molecule has 1 unspecified atom stereocenters. The van der Waals surface area contributed by atoms with Gasteiger partial charge >= 0.3 is 0 Å². The highest BCUT2D eigenvalue weighted by Crippen LogP contribution is 2.25. The fourth-order valence-electron chi connectivity index (χ4n) is 1.99. The Morgan fingerprint density at radius 3 is 2.95 bits per heavy atom. The second-order valence-electron chi connectivity index (χ2n) is 4.47. The molecule has 0 amide bonds. The number of halogens is 1. The molecule has 2 aromatic heterocycles. The maximum Gasteiger partial charge on any atom is 0.0897 e. The first kappa shape index (κ1) is 14.4. The third-order valence-electron chi connectivity index (χ3n) is 2.90. The van der Waals surface area contributed by atoms with Crippen LogP contribution in [0.3, 0.4) is 0 Å². The van der Waals surface area contributed by atoms with Crippen molar-refractivity contribution in [3.63, 3.8) is 0 Å². The minimum absolute atomic E-state index is 0.192. The Kier molecular flexibility index (Phi) is 5.31. The summed E-state index contributed by atoms with van der Waals surface area (Å²) in [6.45, 7) is 5.15. The summed E-state index contributed by atoms with van der Waals surface area (Å²) < 4.78 is 0. The number of aromatic nitrogens is 2. The van der Waals surface area contributed by atoms with Crippen molar-refractivity contribution in [1.29, 1.82) is 0 Å². The topological polar surface area (TPSA) is 37.8 Å². The summed E-state index contributed by atoms with van der Waals surface area (Å²) in [7, 11) is 0. The summed E-state index contributed by atoms with van der Waals surface area (Å²) in [4.78, 5) is 8.58. The molecule has 0 radical (unpaired) electrons. The molecule has 2 aromatic rings. The first-order valence-electron chi connectivity index (χ1n) is 6.44. The number of pyridine rings is 1. The number of hydrogen-bond donors (Lipinski definition) is 1. The Bertz CT molecular complexity index is 527. The Hall–Kier alpha value is -0.970. The fraction of sp³-hybridized carbons (Fsp3) is 0.429. The van der Waals surface area contributed by atoms with Gasteiger partial charge in [0.25, 0.3) is 0 Å². The van der Waals surface area contributed by atoms with Crippen LogP contribution in [0.2, 0.25) is 5.02 Å². The van der Waals surface area contributed by atoms with Crippen molar-refractivity contribution < 1.29 is 0 Å². The molecule has 1 N–H and O–H groups in total. The highest BCUT2D eigenvalue weighted by Gasteiger charge is 2.16. The molecule has 0 fully saturated rings. The average Bonchev–Trinajstić information content (AvgIpc) is 2.81. The quantitative estimate of drug-likeness (QED) is 0.881. The fourth-order valence-corrected chi connectivity index (χ4v) is 2.87. The van der Waals surface area contributed by atoms with Crippen molar-refractivity contribution in [1.82, 2.24) is 15.3 Å². The summed E-state index contributed by atoms with van der Waals surface area (Å²) in [6.07, 6.45) is 5.43. The lowest BCUT2D eigenvalue weighted by molar-refractivity contribution is 0.525. The minimum atomic E-state index is 0.192. The number of nitrogens with one attached hydrogen (secondary N) is 1. The maximum absolute atomic E-state index is 6.25. The van der Waals surface area contributed by atoms with Crippen LogP contribution in [0.5, 0.6) is 0 Å². The molecule has 19 heavy (non-hydrogen) atoms. The van der Waals surface area contributed by atoms with Gasteiger partial charge in [0, 0.05) is 30.2 Å². The van der Waals surface area contributed by atoms with E-state index in [4.69, 9.17) is 11.6 Å². The zero-order valence-corrected chi connectivity index (χ0v) is 12.8. The zero-order valence-electron chi connectivity index (χ0n) is 11.2. The Morgan fingerprint density at radius 2 is 2.32 bits per heavy atom.